The number of nitrogens with one attached hydrogen (secondary N) is 1. The summed E-state index contributed by atoms with van der Waals surface area (Å²) in [6.45, 7) is 1.11. The number of carbonyl (C=O) groups is 1. The zero-order chi connectivity index (χ0) is 17.2. The van der Waals surface area contributed by atoms with Crippen LogP contribution in [-0.4, -0.2) is 41.5 Å². The van der Waals surface area contributed by atoms with E-state index < -0.39 is 15.9 Å². The molecule has 0 atom stereocenters. The number of hydrogen-bond donors (Lipinski definition) is 1. The minimum absolute atomic E-state index is 0.0506. The summed E-state index contributed by atoms with van der Waals surface area (Å²) in [5, 5.41) is 6.50. The summed E-state index contributed by atoms with van der Waals surface area (Å²) >= 11 is 0. The Morgan fingerprint density at radius 2 is 2.08 bits per heavy atom. The smallest absolute Gasteiger partial charge is 0.263 e. The Morgan fingerprint density at radius 1 is 1.33 bits per heavy atom. The number of hydrogen-bond acceptors (Lipinski definition) is 5. The maximum absolute atomic E-state index is 12.8. The SMILES string of the molecule is Cn1cc(C(=O)NCc2ccco2)c(S(=O)(=O)N2CCCCC2)n1. The van der Waals surface area contributed by atoms with Crippen molar-refractivity contribution in [2.45, 2.75) is 30.8 Å². The monoisotopic (exact) mass is 352 g/mol. The van der Waals surface area contributed by atoms with E-state index in [1.54, 1.807) is 19.2 Å². The van der Waals surface area contributed by atoms with Crippen molar-refractivity contribution in [2.75, 3.05) is 13.1 Å². The summed E-state index contributed by atoms with van der Waals surface area (Å²) in [5.41, 5.74) is 0.0506. The summed E-state index contributed by atoms with van der Waals surface area (Å²) in [5.74, 6) is 0.0998. The van der Waals surface area contributed by atoms with E-state index in [2.05, 4.69) is 10.4 Å². The van der Waals surface area contributed by atoms with Gasteiger partial charge in [0.2, 0.25) is 5.03 Å². The number of nitrogens with zero attached hydrogens (tertiary/aromatic N) is 3. The van der Waals surface area contributed by atoms with Crippen molar-refractivity contribution in [3.05, 3.63) is 35.9 Å². The Kier molecular flexibility index (Phi) is 4.72. The Hall–Kier alpha value is -2.13. The Bertz CT molecular complexity index is 805. The highest BCUT2D eigenvalue weighted by molar-refractivity contribution is 7.89. The lowest BCUT2D eigenvalue weighted by Gasteiger charge is -2.25. The van der Waals surface area contributed by atoms with Crippen LogP contribution in [0.25, 0.3) is 0 Å². The molecule has 1 fully saturated rings. The summed E-state index contributed by atoms with van der Waals surface area (Å²) in [4.78, 5) is 12.4. The third-order valence-corrected chi connectivity index (χ3v) is 5.78. The van der Waals surface area contributed by atoms with Crippen LogP contribution < -0.4 is 5.32 Å². The molecule has 2 aromatic rings. The molecule has 0 spiro atoms. The lowest BCUT2D eigenvalue weighted by atomic mass is 10.2. The number of carbonyl (C=O) groups excluding carboxylic acids is 1. The van der Waals surface area contributed by atoms with Crippen LogP contribution >= 0.6 is 0 Å². The van der Waals surface area contributed by atoms with Crippen molar-refractivity contribution >= 4 is 15.9 Å². The van der Waals surface area contributed by atoms with Gasteiger partial charge < -0.3 is 9.73 Å². The molecule has 0 aliphatic carbocycles. The fraction of sp³-hybridized carbons (Fsp3) is 0.467. The van der Waals surface area contributed by atoms with Crippen molar-refractivity contribution in [1.82, 2.24) is 19.4 Å². The zero-order valence-corrected chi connectivity index (χ0v) is 14.3. The molecule has 1 amide bonds. The van der Waals surface area contributed by atoms with Crippen molar-refractivity contribution in [3.63, 3.8) is 0 Å². The third-order valence-electron chi connectivity index (χ3n) is 3.94. The highest BCUT2D eigenvalue weighted by atomic mass is 32.2. The predicted octanol–water partition coefficient (Wildman–Crippen LogP) is 1.12. The van der Waals surface area contributed by atoms with Gasteiger partial charge in [-0.05, 0) is 25.0 Å². The molecule has 2 aromatic heterocycles. The second-order valence-electron chi connectivity index (χ2n) is 5.75. The first-order chi connectivity index (χ1) is 11.5. The van der Waals surface area contributed by atoms with Gasteiger partial charge >= 0.3 is 0 Å². The van der Waals surface area contributed by atoms with Crippen molar-refractivity contribution in [2.24, 2.45) is 7.05 Å². The van der Waals surface area contributed by atoms with Crippen LogP contribution in [0, 0.1) is 0 Å². The van der Waals surface area contributed by atoms with Gasteiger partial charge in [0, 0.05) is 26.3 Å². The van der Waals surface area contributed by atoms with E-state index >= 15 is 0 Å². The van der Waals surface area contributed by atoms with E-state index in [9.17, 15) is 13.2 Å². The first-order valence-electron chi connectivity index (χ1n) is 7.83. The van der Waals surface area contributed by atoms with E-state index in [4.69, 9.17) is 4.42 Å². The maximum Gasteiger partial charge on any atom is 0.263 e. The average molecular weight is 352 g/mol. The molecule has 130 valence electrons. The Morgan fingerprint density at radius 3 is 2.75 bits per heavy atom. The molecule has 0 saturated carbocycles. The normalized spacial score (nSPS) is 16.2. The first kappa shape index (κ1) is 16.7. The van der Waals surface area contributed by atoms with Gasteiger partial charge in [-0.1, -0.05) is 6.42 Å². The molecule has 1 aliphatic rings. The van der Waals surface area contributed by atoms with Crippen LogP contribution in [0.4, 0.5) is 0 Å². The lowest BCUT2D eigenvalue weighted by Crippen LogP contribution is -2.37. The van der Waals surface area contributed by atoms with Gasteiger partial charge in [0.05, 0.1) is 18.4 Å². The average Bonchev–Trinajstić information content (AvgIpc) is 3.23. The summed E-state index contributed by atoms with van der Waals surface area (Å²) in [7, 11) is -2.18. The zero-order valence-electron chi connectivity index (χ0n) is 13.4. The topological polar surface area (TPSA) is 97.4 Å². The minimum atomic E-state index is -3.77. The van der Waals surface area contributed by atoms with Gasteiger partial charge in [-0.3, -0.25) is 9.48 Å². The van der Waals surface area contributed by atoms with Gasteiger partial charge in [0.25, 0.3) is 15.9 Å². The molecule has 3 heterocycles. The molecule has 1 saturated heterocycles. The van der Waals surface area contributed by atoms with Gasteiger partial charge in [-0.25, -0.2) is 8.42 Å². The van der Waals surface area contributed by atoms with Crippen LogP contribution in [0.1, 0.15) is 35.4 Å². The quantitative estimate of drug-likeness (QED) is 0.869. The number of rotatable bonds is 5. The predicted molar refractivity (Wildman–Crippen MR) is 85.7 cm³/mol. The van der Waals surface area contributed by atoms with Gasteiger partial charge in [-0.2, -0.15) is 9.40 Å². The number of sulfonamides is 1. The van der Waals surface area contributed by atoms with Crippen LogP contribution in [0.15, 0.2) is 34.0 Å². The standard InChI is InChI=1S/C15H20N4O4S/c1-18-11-13(14(20)16-10-12-6-5-9-23-12)15(17-18)24(21,22)19-7-3-2-4-8-19/h5-6,9,11H,2-4,7-8,10H2,1H3,(H,16,20). The molecule has 0 bridgehead atoms. The summed E-state index contributed by atoms with van der Waals surface area (Å²) in [6, 6.07) is 3.45. The Labute approximate surface area is 140 Å². The fourth-order valence-corrected chi connectivity index (χ4v) is 4.36. The first-order valence-corrected chi connectivity index (χ1v) is 9.27. The number of aromatic nitrogens is 2. The minimum Gasteiger partial charge on any atom is -0.467 e. The van der Waals surface area contributed by atoms with E-state index in [0.717, 1.165) is 19.3 Å². The second kappa shape index (κ2) is 6.78. The molecule has 3 rings (SSSR count). The van der Waals surface area contributed by atoms with E-state index in [0.29, 0.717) is 18.8 Å². The number of furan rings is 1. The fourth-order valence-electron chi connectivity index (χ4n) is 2.72. The highest BCUT2D eigenvalue weighted by Crippen LogP contribution is 2.22. The number of amides is 1. The van der Waals surface area contributed by atoms with Crippen LogP contribution in [-0.2, 0) is 23.6 Å². The molecule has 8 nitrogen and oxygen atoms in total. The van der Waals surface area contributed by atoms with Gasteiger partial charge in [-0.15, -0.1) is 0 Å². The molecule has 9 heteroatoms. The lowest BCUT2D eigenvalue weighted by molar-refractivity contribution is 0.0944. The molecule has 1 aliphatic heterocycles. The molecule has 24 heavy (non-hydrogen) atoms. The largest absolute Gasteiger partial charge is 0.467 e. The molecule has 1 N–H and O–H groups in total. The molecule has 0 radical (unpaired) electrons. The van der Waals surface area contributed by atoms with E-state index in [1.807, 2.05) is 0 Å². The Balaban J connectivity index is 1.82. The van der Waals surface area contributed by atoms with Crippen molar-refractivity contribution in [3.8, 4) is 0 Å². The van der Waals surface area contributed by atoms with E-state index in [1.165, 1.54) is 21.4 Å². The highest BCUT2D eigenvalue weighted by Gasteiger charge is 2.33. The van der Waals surface area contributed by atoms with Gasteiger partial charge in [0.1, 0.15) is 5.76 Å². The molecule has 0 unspecified atom stereocenters. The van der Waals surface area contributed by atoms with Crippen molar-refractivity contribution in [1.29, 1.82) is 0 Å². The molecular weight excluding hydrogens is 332 g/mol. The molecular formula is C15H20N4O4S. The molecule has 0 aromatic carbocycles. The number of aryl methyl sites for hydroxylation is 1. The van der Waals surface area contributed by atoms with Crippen LogP contribution in [0.2, 0.25) is 0 Å². The van der Waals surface area contributed by atoms with Crippen molar-refractivity contribution < 1.29 is 17.6 Å². The second-order valence-corrected chi connectivity index (χ2v) is 7.60. The van der Waals surface area contributed by atoms with E-state index in [-0.39, 0.29) is 17.1 Å². The maximum atomic E-state index is 12.8. The van der Waals surface area contributed by atoms with Crippen LogP contribution in [0.3, 0.4) is 0 Å². The summed E-state index contributed by atoms with van der Waals surface area (Å²) in [6.07, 6.45) is 5.61. The van der Waals surface area contributed by atoms with Crippen LogP contribution in [0.5, 0.6) is 0 Å². The third kappa shape index (κ3) is 3.36. The summed E-state index contributed by atoms with van der Waals surface area (Å²) < 4.78 is 33.5. The number of piperidine rings is 1. The van der Waals surface area contributed by atoms with Gasteiger partial charge in [0.15, 0.2) is 0 Å².